The number of hydrogen-bond donors (Lipinski definition) is 4. The highest BCUT2D eigenvalue weighted by Gasteiger charge is 2.43. The summed E-state index contributed by atoms with van der Waals surface area (Å²) >= 11 is 0. The molecular weight excluding hydrogens is 572 g/mol. The van der Waals surface area contributed by atoms with Crippen LogP contribution in [0.1, 0.15) is 49.9 Å². The summed E-state index contributed by atoms with van der Waals surface area (Å²) in [6.07, 6.45) is 1.15. The van der Waals surface area contributed by atoms with Gasteiger partial charge >= 0.3 is 11.8 Å². The summed E-state index contributed by atoms with van der Waals surface area (Å²) in [7, 11) is 0. The summed E-state index contributed by atoms with van der Waals surface area (Å²) in [4.78, 5) is 27.4. The van der Waals surface area contributed by atoms with Crippen molar-refractivity contribution in [3.63, 3.8) is 0 Å². The quantitative estimate of drug-likeness (QED) is 0.136. The number of rotatable bonds is 14. The second kappa shape index (κ2) is 15.8. The van der Waals surface area contributed by atoms with Gasteiger partial charge in [-0.15, -0.1) is 0 Å². The van der Waals surface area contributed by atoms with Crippen molar-refractivity contribution in [1.29, 1.82) is 0 Å². The van der Waals surface area contributed by atoms with Crippen molar-refractivity contribution < 1.29 is 19.8 Å². The van der Waals surface area contributed by atoms with Gasteiger partial charge in [0.15, 0.2) is 0 Å². The largest absolute Gasteiger partial charge is 0.387 e. The van der Waals surface area contributed by atoms with E-state index in [1.807, 2.05) is 149 Å². The second-order valence-corrected chi connectivity index (χ2v) is 13.2. The monoisotopic (exact) mass is 620 g/mol. The van der Waals surface area contributed by atoms with Crippen LogP contribution in [0.4, 0.5) is 0 Å². The van der Waals surface area contributed by atoms with E-state index in [1.54, 1.807) is 0 Å². The van der Waals surface area contributed by atoms with Gasteiger partial charge in [-0.2, -0.15) is 0 Å². The maximum Gasteiger partial charge on any atom is 0.309 e. The lowest BCUT2D eigenvalue weighted by molar-refractivity contribution is -0.143. The van der Waals surface area contributed by atoms with Crippen molar-refractivity contribution in [3.05, 3.63) is 144 Å². The Labute approximate surface area is 273 Å². The summed E-state index contributed by atoms with van der Waals surface area (Å²) in [6.45, 7) is 7.72. The van der Waals surface area contributed by atoms with Gasteiger partial charge in [0.2, 0.25) is 0 Å². The average Bonchev–Trinajstić information content (AvgIpc) is 3.03. The molecule has 4 aromatic carbocycles. The van der Waals surface area contributed by atoms with Gasteiger partial charge in [0.05, 0.1) is 23.3 Å². The molecule has 0 heterocycles. The van der Waals surface area contributed by atoms with Gasteiger partial charge in [-0.05, 0) is 34.1 Å². The van der Waals surface area contributed by atoms with Crippen LogP contribution in [0.25, 0.3) is 0 Å². The lowest BCUT2D eigenvalue weighted by Crippen LogP contribution is -2.63. The lowest BCUT2D eigenvalue weighted by Gasteiger charge is -2.41. The Balaban J connectivity index is 1.60. The van der Waals surface area contributed by atoms with Crippen molar-refractivity contribution in [3.8, 4) is 0 Å². The van der Waals surface area contributed by atoms with E-state index in [2.05, 4.69) is 10.6 Å². The van der Waals surface area contributed by atoms with Gasteiger partial charge < -0.3 is 20.8 Å². The van der Waals surface area contributed by atoms with Crippen molar-refractivity contribution in [2.45, 2.75) is 76.7 Å². The van der Waals surface area contributed by atoms with Crippen LogP contribution < -0.4 is 10.6 Å². The number of carbonyl (C=O) groups excluding carboxylic acids is 2. The molecule has 0 aliphatic heterocycles. The molecule has 6 heteroatoms. The van der Waals surface area contributed by atoms with E-state index in [1.165, 1.54) is 0 Å². The van der Waals surface area contributed by atoms with Crippen molar-refractivity contribution in [2.24, 2.45) is 11.8 Å². The fourth-order valence-corrected chi connectivity index (χ4v) is 6.62. The van der Waals surface area contributed by atoms with Gasteiger partial charge in [-0.25, -0.2) is 0 Å². The standard InChI is InChI=1S/C40H48N2O4/c1-29(2)35(39(45,25-31-17-9-5-10-18-31)26-32-19-11-6-12-20-32)41-37(43)38(44)42-36(30(3)4)40(46,27-33-21-13-7-14-22-33)28-34-23-15-8-16-24-34/h5-24,29-30,35-36,45-46H,25-28H2,1-4H3,(H,41,43)(H,42,44)/t35-,36-/m1/s1. The molecule has 2 amide bonds. The molecule has 0 unspecified atom stereocenters. The van der Waals surface area contributed by atoms with Gasteiger partial charge in [0.25, 0.3) is 0 Å². The summed E-state index contributed by atoms with van der Waals surface area (Å²) in [5.74, 6) is -2.07. The first-order valence-electron chi connectivity index (χ1n) is 16.2. The number of carbonyl (C=O) groups is 2. The molecule has 46 heavy (non-hydrogen) atoms. The maximum atomic E-state index is 13.7. The molecule has 0 aliphatic rings. The summed E-state index contributed by atoms with van der Waals surface area (Å²) in [5.41, 5.74) is 0.945. The Bertz CT molecular complexity index is 1310. The molecule has 0 spiro atoms. The van der Waals surface area contributed by atoms with Crippen molar-refractivity contribution in [2.75, 3.05) is 0 Å². The molecule has 0 saturated heterocycles. The smallest absolute Gasteiger partial charge is 0.309 e. The van der Waals surface area contributed by atoms with Crippen LogP contribution in [0.2, 0.25) is 0 Å². The minimum atomic E-state index is -1.38. The predicted octanol–water partition coefficient (Wildman–Crippen LogP) is 5.70. The first-order chi connectivity index (χ1) is 22.0. The summed E-state index contributed by atoms with van der Waals surface area (Å²) < 4.78 is 0. The first-order valence-corrected chi connectivity index (χ1v) is 16.2. The first kappa shape index (κ1) is 34.6. The Morgan fingerprint density at radius 3 is 0.891 bits per heavy atom. The van der Waals surface area contributed by atoms with E-state index in [0.717, 1.165) is 22.3 Å². The fourth-order valence-electron chi connectivity index (χ4n) is 6.62. The van der Waals surface area contributed by atoms with Crippen molar-refractivity contribution in [1.82, 2.24) is 10.6 Å². The number of benzene rings is 4. The minimum absolute atomic E-state index is 0.192. The molecule has 0 aliphatic carbocycles. The van der Waals surface area contributed by atoms with Crippen LogP contribution in [0.3, 0.4) is 0 Å². The number of amides is 2. The molecule has 6 nitrogen and oxygen atoms in total. The third-order valence-electron chi connectivity index (χ3n) is 8.68. The fraction of sp³-hybridized carbons (Fsp3) is 0.350. The van der Waals surface area contributed by atoms with Gasteiger partial charge in [-0.3, -0.25) is 9.59 Å². The third kappa shape index (κ3) is 9.38. The predicted molar refractivity (Wildman–Crippen MR) is 184 cm³/mol. The van der Waals surface area contributed by atoms with E-state index in [4.69, 9.17) is 0 Å². The minimum Gasteiger partial charge on any atom is -0.387 e. The Morgan fingerprint density at radius 1 is 0.478 bits per heavy atom. The van der Waals surface area contributed by atoms with Gasteiger partial charge in [0, 0.05) is 25.7 Å². The molecule has 0 saturated carbocycles. The summed E-state index contributed by atoms with van der Waals surface area (Å²) in [6, 6.07) is 37.2. The Kier molecular flexibility index (Phi) is 11.9. The third-order valence-corrected chi connectivity index (χ3v) is 8.68. The SMILES string of the molecule is CC(C)[C@@H](NC(=O)C(=O)N[C@H](C(C)C)C(O)(Cc1ccccc1)Cc1ccccc1)C(O)(Cc1ccccc1)Cc1ccccc1. The second-order valence-electron chi connectivity index (χ2n) is 13.2. The van der Waals surface area contributed by atoms with Crippen molar-refractivity contribution >= 4 is 11.8 Å². The van der Waals surface area contributed by atoms with Crippen LogP contribution in [0.5, 0.6) is 0 Å². The van der Waals surface area contributed by atoms with Crippen LogP contribution in [0, 0.1) is 11.8 Å². The van der Waals surface area contributed by atoms with E-state index < -0.39 is 35.1 Å². The normalized spacial score (nSPS) is 13.3. The molecule has 0 aromatic heterocycles. The highest BCUT2D eigenvalue weighted by Crippen LogP contribution is 2.29. The zero-order chi connectivity index (χ0) is 33.2. The van der Waals surface area contributed by atoms with Crippen LogP contribution in [-0.4, -0.2) is 45.3 Å². The van der Waals surface area contributed by atoms with Gasteiger partial charge in [0.1, 0.15) is 0 Å². The molecule has 242 valence electrons. The average molecular weight is 621 g/mol. The molecule has 4 N–H and O–H groups in total. The summed E-state index contributed by atoms with van der Waals surface area (Å²) in [5, 5.41) is 30.5. The number of hydrogen-bond acceptors (Lipinski definition) is 4. The zero-order valence-electron chi connectivity index (χ0n) is 27.4. The van der Waals surface area contributed by atoms with E-state index >= 15 is 0 Å². The molecular formula is C40H48N2O4. The van der Waals surface area contributed by atoms with Crippen LogP contribution in [-0.2, 0) is 35.3 Å². The molecule has 0 bridgehead atoms. The number of nitrogens with one attached hydrogen (secondary N) is 2. The molecule has 0 fully saturated rings. The molecule has 0 radical (unpaired) electrons. The topological polar surface area (TPSA) is 98.7 Å². The number of aliphatic hydroxyl groups is 2. The molecule has 4 aromatic rings. The highest BCUT2D eigenvalue weighted by atomic mass is 16.3. The zero-order valence-corrected chi connectivity index (χ0v) is 27.4. The lowest BCUT2D eigenvalue weighted by atomic mass is 9.77. The highest BCUT2D eigenvalue weighted by molar-refractivity contribution is 6.35. The molecule has 4 rings (SSSR count). The molecule has 2 atom stereocenters. The van der Waals surface area contributed by atoms with Gasteiger partial charge in [-0.1, -0.05) is 149 Å². The van der Waals surface area contributed by atoms with Crippen LogP contribution in [0.15, 0.2) is 121 Å². The van der Waals surface area contributed by atoms with E-state index in [0.29, 0.717) is 0 Å². The Morgan fingerprint density at radius 2 is 0.696 bits per heavy atom. The Hall–Kier alpha value is -4.26. The van der Waals surface area contributed by atoms with E-state index in [9.17, 15) is 19.8 Å². The maximum absolute atomic E-state index is 13.7. The van der Waals surface area contributed by atoms with E-state index in [-0.39, 0.29) is 37.5 Å². The van der Waals surface area contributed by atoms with Crippen LogP contribution >= 0.6 is 0 Å².